The fraction of sp³-hybridized carbons (Fsp3) is 0.462. The molecule has 0 aliphatic rings. The Morgan fingerprint density at radius 1 is 1.44 bits per heavy atom. The quantitative estimate of drug-likeness (QED) is 0.832. The first kappa shape index (κ1) is 14.9. The molecule has 0 fully saturated rings. The van der Waals surface area contributed by atoms with Crippen LogP contribution in [0.1, 0.15) is 19.4 Å². The van der Waals surface area contributed by atoms with Crippen molar-refractivity contribution >= 4 is 17.2 Å². The van der Waals surface area contributed by atoms with Gasteiger partial charge in [-0.25, -0.2) is 4.39 Å². The van der Waals surface area contributed by atoms with Crippen LogP contribution in [-0.4, -0.2) is 36.1 Å². The van der Waals surface area contributed by atoms with E-state index in [2.05, 4.69) is 0 Å². The van der Waals surface area contributed by atoms with E-state index < -0.39 is 5.82 Å². The Balaban J connectivity index is 2.92. The molecule has 0 aromatic heterocycles. The fourth-order valence-corrected chi connectivity index (χ4v) is 1.45. The molecule has 0 heterocycles. The van der Waals surface area contributed by atoms with Crippen LogP contribution in [0, 0.1) is 5.82 Å². The van der Waals surface area contributed by atoms with E-state index in [4.69, 9.17) is 22.7 Å². The molecule has 0 atom stereocenters. The van der Waals surface area contributed by atoms with Gasteiger partial charge in [0.2, 0.25) is 0 Å². The summed E-state index contributed by atoms with van der Waals surface area (Å²) in [6.07, 6.45) is 0. The predicted octanol–water partition coefficient (Wildman–Crippen LogP) is 2.18. The van der Waals surface area contributed by atoms with Gasteiger partial charge in [-0.05, 0) is 40.1 Å². The zero-order valence-electron chi connectivity index (χ0n) is 11.2. The molecule has 0 saturated carbocycles. The maximum Gasteiger partial charge on any atom is 0.137 e. The first-order chi connectivity index (χ1) is 8.25. The molecule has 0 radical (unpaired) electrons. The van der Waals surface area contributed by atoms with E-state index in [1.807, 2.05) is 32.8 Å². The maximum absolute atomic E-state index is 13.6. The summed E-state index contributed by atoms with van der Waals surface area (Å²) < 4.78 is 19.3. The second kappa shape index (κ2) is 5.63. The lowest BCUT2D eigenvalue weighted by Gasteiger charge is -2.32. The number of hydrogen-bond acceptors (Lipinski definition) is 3. The van der Waals surface area contributed by atoms with Crippen molar-refractivity contribution in [3.05, 3.63) is 29.6 Å². The minimum Gasteiger partial charge on any atom is -0.491 e. The highest BCUT2D eigenvalue weighted by Crippen LogP contribution is 2.23. The van der Waals surface area contributed by atoms with Gasteiger partial charge in [0.25, 0.3) is 0 Å². The van der Waals surface area contributed by atoms with Crippen molar-refractivity contribution < 1.29 is 9.13 Å². The molecule has 1 aromatic rings. The van der Waals surface area contributed by atoms with E-state index in [1.54, 1.807) is 12.1 Å². The number of rotatable bonds is 5. The number of thiocarbonyl (C=S) groups is 1. The number of likely N-dealkylation sites (N-methyl/N-ethyl adjacent to an activating group) is 1. The zero-order valence-corrected chi connectivity index (χ0v) is 12.0. The summed E-state index contributed by atoms with van der Waals surface area (Å²) in [5.74, 6) is -0.0694. The van der Waals surface area contributed by atoms with Gasteiger partial charge in [0.05, 0.1) is 5.56 Å². The number of hydrogen-bond donors (Lipinski definition) is 1. The lowest BCUT2D eigenvalue weighted by molar-refractivity contribution is 0.113. The highest BCUT2D eigenvalue weighted by Gasteiger charge is 2.22. The average Bonchev–Trinajstić information content (AvgIpc) is 2.25. The van der Waals surface area contributed by atoms with Crippen LogP contribution in [0.3, 0.4) is 0 Å². The Morgan fingerprint density at radius 2 is 2.06 bits per heavy atom. The Morgan fingerprint density at radius 3 is 2.56 bits per heavy atom. The molecule has 0 aliphatic heterocycles. The van der Waals surface area contributed by atoms with Gasteiger partial charge >= 0.3 is 0 Å². The maximum atomic E-state index is 13.6. The second-order valence-corrected chi connectivity index (χ2v) is 5.41. The Kier molecular flexibility index (Phi) is 4.65. The molecule has 2 N–H and O–H groups in total. The number of benzene rings is 1. The number of nitrogens with zero attached hydrogens (tertiary/aromatic N) is 1. The molecule has 0 unspecified atom stereocenters. The van der Waals surface area contributed by atoms with Crippen molar-refractivity contribution in [1.82, 2.24) is 4.90 Å². The molecule has 3 nitrogen and oxygen atoms in total. The van der Waals surface area contributed by atoms with Crippen LogP contribution in [0.5, 0.6) is 5.75 Å². The molecule has 0 aliphatic carbocycles. The van der Waals surface area contributed by atoms with Gasteiger partial charge in [-0.2, -0.15) is 0 Å². The van der Waals surface area contributed by atoms with Gasteiger partial charge in [-0.3, -0.25) is 0 Å². The molecule has 1 rings (SSSR count). The minimum atomic E-state index is -0.456. The molecule has 0 amide bonds. The van der Waals surface area contributed by atoms with Crippen LogP contribution in [0.2, 0.25) is 0 Å². The highest BCUT2D eigenvalue weighted by molar-refractivity contribution is 7.80. The third kappa shape index (κ3) is 3.40. The smallest absolute Gasteiger partial charge is 0.137 e. The Labute approximate surface area is 113 Å². The van der Waals surface area contributed by atoms with Crippen molar-refractivity contribution in [2.75, 3.05) is 20.7 Å². The number of halogens is 1. The SMILES string of the molecule is CN(C)C(C)(C)COc1cccc(F)c1C(N)=S. The fourth-order valence-electron chi connectivity index (χ4n) is 1.25. The lowest BCUT2D eigenvalue weighted by Crippen LogP contribution is -2.43. The van der Waals surface area contributed by atoms with Crippen molar-refractivity contribution in [3.63, 3.8) is 0 Å². The van der Waals surface area contributed by atoms with E-state index in [-0.39, 0.29) is 16.1 Å². The summed E-state index contributed by atoms with van der Waals surface area (Å²) in [6.45, 7) is 4.48. The topological polar surface area (TPSA) is 38.5 Å². The van der Waals surface area contributed by atoms with Gasteiger partial charge in [0, 0.05) is 5.54 Å². The van der Waals surface area contributed by atoms with Gasteiger partial charge in [-0.1, -0.05) is 18.3 Å². The average molecular weight is 270 g/mol. The van der Waals surface area contributed by atoms with Crippen LogP contribution in [0.4, 0.5) is 4.39 Å². The molecule has 0 spiro atoms. The monoisotopic (exact) mass is 270 g/mol. The van der Waals surface area contributed by atoms with Crippen molar-refractivity contribution in [2.45, 2.75) is 19.4 Å². The van der Waals surface area contributed by atoms with Crippen LogP contribution in [0.15, 0.2) is 18.2 Å². The standard InChI is InChI=1S/C13H19FN2OS/c1-13(2,16(3)4)8-17-10-7-5-6-9(14)11(10)12(15)18/h5-7H,8H2,1-4H3,(H2,15,18). The van der Waals surface area contributed by atoms with Crippen LogP contribution in [0.25, 0.3) is 0 Å². The molecule has 1 aromatic carbocycles. The molecule has 18 heavy (non-hydrogen) atoms. The zero-order chi connectivity index (χ0) is 13.9. The molecular formula is C13H19FN2OS. The largest absolute Gasteiger partial charge is 0.491 e. The molecule has 100 valence electrons. The van der Waals surface area contributed by atoms with Gasteiger partial charge in [0.1, 0.15) is 23.2 Å². The molecular weight excluding hydrogens is 251 g/mol. The van der Waals surface area contributed by atoms with Crippen LogP contribution in [-0.2, 0) is 0 Å². The first-order valence-electron chi connectivity index (χ1n) is 5.64. The Hall–Kier alpha value is -1.20. The minimum absolute atomic E-state index is 0.00533. The van der Waals surface area contributed by atoms with Gasteiger partial charge in [-0.15, -0.1) is 0 Å². The van der Waals surface area contributed by atoms with Crippen LogP contribution >= 0.6 is 12.2 Å². The van der Waals surface area contributed by atoms with Crippen molar-refractivity contribution in [1.29, 1.82) is 0 Å². The third-order valence-electron chi connectivity index (χ3n) is 3.01. The molecule has 0 bridgehead atoms. The molecule has 5 heteroatoms. The lowest BCUT2D eigenvalue weighted by atomic mass is 10.1. The third-order valence-corrected chi connectivity index (χ3v) is 3.22. The predicted molar refractivity (Wildman–Crippen MR) is 75.5 cm³/mol. The summed E-state index contributed by atoms with van der Waals surface area (Å²) >= 11 is 4.84. The summed E-state index contributed by atoms with van der Waals surface area (Å²) in [4.78, 5) is 2.04. The number of ether oxygens (including phenoxy) is 1. The van der Waals surface area contributed by atoms with Gasteiger partial charge in [0.15, 0.2) is 0 Å². The summed E-state index contributed by atoms with van der Waals surface area (Å²) in [6, 6.07) is 4.57. The van der Waals surface area contributed by atoms with Crippen LogP contribution < -0.4 is 10.5 Å². The number of nitrogens with two attached hydrogens (primary N) is 1. The van der Waals surface area contributed by atoms with E-state index >= 15 is 0 Å². The van der Waals surface area contributed by atoms with Crippen molar-refractivity contribution in [3.8, 4) is 5.75 Å². The van der Waals surface area contributed by atoms with Gasteiger partial charge < -0.3 is 15.4 Å². The van der Waals surface area contributed by atoms with E-state index in [9.17, 15) is 4.39 Å². The highest BCUT2D eigenvalue weighted by atomic mass is 32.1. The molecule has 0 saturated heterocycles. The Bertz CT molecular complexity index is 447. The van der Waals surface area contributed by atoms with E-state index in [0.717, 1.165) is 0 Å². The van der Waals surface area contributed by atoms with Crippen molar-refractivity contribution in [2.24, 2.45) is 5.73 Å². The second-order valence-electron chi connectivity index (χ2n) is 4.97. The van der Waals surface area contributed by atoms with E-state index in [0.29, 0.717) is 12.4 Å². The van der Waals surface area contributed by atoms with E-state index in [1.165, 1.54) is 6.07 Å². The summed E-state index contributed by atoms with van der Waals surface area (Å²) in [7, 11) is 3.92. The first-order valence-corrected chi connectivity index (χ1v) is 6.05. The summed E-state index contributed by atoms with van der Waals surface area (Å²) in [5, 5.41) is 0. The summed E-state index contributed by atoms with van der Waals surface area (Å²) in [5.41, 5.74) is 5.52. The normalized spacial score (nSPS) is 11.7.